The number of aromatic amines is 1. The van der Waals surface area contributed by atoms with Crippen molar-refractivity contribution in [2.45, 2.75) is 25.9 Å². The zero-order valence-corrected chi connectivity index (χ0v) is 15.4. The van der Waals surface area contributed by atoms with Gasteiger partial charge in [0.25, 0.3) is 5.56 Å². The summed E-state index contributed by atoms with van der Waals surface area (Å²) in [5, 5.41) is 4.12. The van der Waals surface area contributed by atoms with Crippen molar-refractivity contribution >= 4 is 10.9 Å². The average molecular weight is 363 g/mol. The lowest BCUT2D eigenvalue weighted by Gasteiger charge is -2.33. The molecule has 2 aromatic heterocycles. The van der Waals surface area contributed by atoms with Crippen LogP contribution in [0.4, 0.5) is 0 Å². The topological polar surface area (TPSA) is 73.9 Å². The van der Waals surface area contributed by atoms with Crippen LogP contribution in [0.1, 0.15) is 24.1 Å². The molecule has 140 valence electrons. The summed E-state index contributed by atoms with van der Waals surface area (Å²) in [7, 11) is 0. The smallest absolute Gasteiger partial charge is 0.258 e. The van der Waals surface area contributed by atoms with Gasteiger partial charge in [-0.3, -0.25) is 14.7 Å². The van der Waals surface area contributed by atoms with Crippen LogP contribution < -0.4 is 10.9 Å². The van der Waals surface area contributed by atoms with Crippen LogP contribution in [0, 0.1) is 5.92 Å². The number of nitrogens with zero attached hydrogens (tertiary/aromatic N) is 3. The number of piperidine rings is 1. The molecule has 0 aliphatic carbocycles. The third-order valence-electron chi connectivity index (χ3n) is 5.21. The Morgan fingerprint density at radius 3 is 2.96 bits per heavy atom. The van der Waals surface area contributed by atoms with Crippen molar-refractivity contribution in [1.82, 2.24) is 25.2 Å². The molecule has 0 bridgehead atoms. The molecule has 6 heteroatoms. The molecule has 3 aromatic rings. The molecule has 1 atom stereocenters. The fourth-order valence-electron chi connectivity index (χ4n) is 3.88. The number of hydrogen-bond acceptors (Lipinski definition) is 5. The summed E-state index contributed by atoms with van der Waals surface area (Å²) < 4.78 is 0. The highest BCUT2D eigenvalue weighted by Crippen LogP contribution is 2.18. The standard InChI is InChI=1S/C21H25N5O/c27-21-18-8-9-23-19(20(18)24-15-25-21)12-22-11-17-7-4-10-26(14-17)13-16-5-2-1-3-6-16/h1-3,5-6,8-9,15,17,22H,4,7,10-14H2,(H,24,25,27). The summed E-state index contributed by atoms with van der Waals surface area (Å²) in [5.41, 5.74) is 2.77. The van der Waals surface area contributed by atoms with Gasteiger partial charge in [0.05, 0.1) is 17.4 Å². The lowest BCUT2D eigenvalue weighted by Crippen LogP contribution is -2.39. The maximum absolute atomic E-state index is 11.9. The maximum atomic E-state index is 11.9. The number of rotatable bonds is 6. The van der Waals surface area contributed by atoms with Crippen LogP contribution in [-0.2, 0) is 13.1 Å². The molecule has 2 N–H and O–H groups in total. The van der Waals surface area contributed by atoms with Crippen molar-refractivity contribution < 1.29 is 0 Å². The summed E-state index contributed by atoms with van der Waals surface area (Å²) >= 11 is 0. The van der Waals surface area contributed by atoms with E-state index in [1.807, 2.05) is 0 Å². The van der Waals surface area contributed by atoms with Crippen molar-refractivity contribution in [3.05, 3.63) is 70.5 Å². The highest BCUT2D eigenvalue weighted by atomic mass is 16.1. The molecule has 1 saturated heterocycles. The minimum absolute atomic E-state index is 0.118. The molecule has 1 unspecified atom stereocenters. The van der Waals surface area contributed by atoms with E-state index in [-0.39, 0.29) is 5.56 Å². The molecule has 0 radical (unpaired) electrons. The lowest BCUT2D eigenvalue weighted by atomic mass is 9.97. The van der Waals surface area contributed by atoms with Gasteiger partial charge < -0.3 is 10.3 Å². The number of likely N-dealkylation sites (tertiary alicyclic amines) is 1. The molecule has 0 spiro atoms. The predicted octanol–water partition coefficient (Wildman–Crippen LogP) is 2.32. The normalized spacial score (nSPS) is 18.0. The zero-order valence-electron chi connectivity index (χ0n) is 15.4. The number of fused-ring (bicyclic) bond motifs is 1. The zero-order chi connectivity index (χ0) is 18.5. The molecule has 27 heavy (non-hydrogen) atoms. The Kier molecular flexibility index (Phi) is 5.55. The largest absolute Gasteiger partial charge is 0.313 e. The van der Waals surface area contributed by atoms with E-state index in [4.69, 9.17) is 0 Å². The quantitative estimate of drug-likeness (QED) is 0.703. The van der Waals surface area contributed by atoms with E-state index < -0.39 is 0 Å². The van der Waals surface area contributed by atoms with Gasteiger partial charge in [-0.15, -0.1) is 0 Å². The monoisotopic (exact) mass is 363 g/mol. The molecule has 0 saturated carbocycles. The van der Waals surface area contributed by atoms with Crippen molar-refractivity contribution in [3.8, 4) is 0 Å². The van der Waals surface area contributed by atoms with Crippen LogP contribution >= 0.6 is 0 Å². The van der Waals surface area contributed by atoms with E-state index in [1.165, 1.54) is 31.3 Å². The number of aromatic nitrogens is 3. The third-order valence-corrected chi connectivity index (χ3v) is 5.21. The molecule has 1 aromatic carbocycles. The first-order valence-corrected chi connectivity index (χ1v) is 9.58. The number of benzene rings is 1. The minimum Gasteiger partial charge on any atom is -0.313 e. The third kappa shape index (κ3) is 4.40. The second-order valence-electron chi connectivity index (χ2n) is 7.25. The molecule has 6 nitrogen and oxygen atoms in total. The number of pyridine rings is 1. The van der Waals surface area contributed by atoms with E-state index >= 15 is 0 Å². The average Bonchev–Trinajstić information content (AvgIpc) is 2.70. The molecular weight excluding hydrogens is 338 g/mol. The van der Waals surface area contributed by atoms with Gasteiger partial charge in [0, 0.05) is 25.8 Å². The van der Waals surface area contributed by atoms with Crippen LogP contribution in [0.3, 0.4) is 0 Å². The van der Waals surface area contributed by atoms with E-state index in [0.29, 0.717) is 23.4 Å². The van der Waals surface area contributed by atoms with Gasteiger partial charge in [-0.05, 0) is 43.5 Å². The molecule has 1 fully saturated rings. The van der Waals surface area contributed by atoms with Gasteiger partial charge in [0.2, 0.25) is 0 Å². The number of hydrogen-bond donors (Lipinski definition) is 2. The molecule has 1 aliphatic heterocycles. The first kappa shape index (κ1) is 17.8. The summed E-state index contributed by atoms with van der Waals surface area (Å²) in [6, 6.07) is 12.4. The summed E-state index contributed by atoms with van der Waals surface area (Å²) in [6.45, 7) is 4.89. The van der Waals surface area contributed by atoms with Crippen LogP contribution in [0.5, 0.6) is 0 Å². The van der Waals surface area contributed by atoms with E-state index in [1.54, 1.807) is 12.3 Å². The van der Waals surface area contributed by atoms with Crippen LogP contribution in [0.2, 0.25) is 0 Å². The second kappa shape index (κ2) is 8.41. The number of nitrogens with one attached hydrogen (secondary N) is 2. The van der Waals surface area contributed by atoms with E-state index in [2.05, 4.69) is 55.5 Å². The Morgan fingerprint density at radius 1 is 1.19 bits per heavy atom. The molecule has 3 heterocycles. The Bertz CT molecular complexity index is 940. The van der Waals surface area contributed by atoms with Crippen LogP contribution in [-0.4, -0.2) is 39.5 Å². The lowest BCUT2D eigenvalue weighted by molar-refractivity contribution is 0.165. The van der Waals surface area contributed by atoms with Crippen molar-refractivity contribution in [1.29, 1.82) is 0 Å². The Morgan fingerprint density at radius 2 is 2.07 bits per heavy atom. The fraction of sp³-hybridized carbons (Fsp3) is 0.381. The Hall–Kier alpha value is -2.57. The van der Waals surface area contributed by atoms with E-state index in [0.717, 1.165) is 25.3 Å². The molecular formula is C21H25N5O. The van der Waals surface area contributed by atoms with Crippen LogP contribution in [0.15, 0.2) is 53.7 Å². The fourth-order valence-corrected chi connectivity index (χ4v) is 3.88. The van der Waals surface area contributed by atoms with Crippen molar-refractivity contribution in [2.75, 3.05) is 19.6 Å². The summed E-state index contributed by atoms with van der Waals surface area (Å²) in [6.07, 6.45) is 5.61. The highest BCUT2D eigenvalue weighted by Gasteiger charge is 2.19. The molecule has 4 rings (SSSR count). The second-order valence-corrected chi connectivity index (χ2v) is 7.25. The number of H-pyrrole nitrogens is 1. The van der Waals surface area contributed by atoms with Gasteiger partial charge in [-0.2, -0.15) is 0 Å². The van der Waals surface area contributed by atoms with Crippen molar-refractivity contribution in [2.24, 2.45) is 5.92 Å². The summed E-state index contributed by atoms with van der Waals surface area (Å²) in [4.78, 5) is 25.8. The first-order valence-electron chi connectivity index (χ1n) is 9.58. The molecule has 1 aliphatic rings. The first-order chi connectivity index (χ1) is 13.3. The Balaban J connectivity index is 1.33. The predicted molar refractivity (Wildman–Crippen MR) is 106 cm³/mol. The molecule has 0 amide bonds. The van der Waals surface area contributed by atoms with Gasteiger partial charge in [-0.1, -0.05) is 30.3 Å². The summed E-state index contributed by atoms with van der Waals surface area (Å²) in [5.74, 6) is 0.633. The minimum atomic E-state index is -0.118. The van der Waals surface area contributed by atoms with Gasteiger partial charge in [0.1, 0.15) is 5.52 Å². The van der Waals surface area contributed by atoms with Crippen molar-refractivity contribution in [3.63, 3.8) is 0 Å². The van der Waals surface area contributed by atoms with Gasteiger partial charge in [-0.25, -0.2) is 4.98 Å². The van der Waals surface area contributed by atoms with Gasteiger partial charge in [0.15, 0.2) is 0 Å². The van der Waals surface area contributed by atoms with Crippen LogP contribution in [0.25, 0.3) is 10.9 Å². The Labute approximate surface area is 158 Å². The van der Waals surface area contributed by atoms with E-state index in [9.17, 15) is 4.79 Å². The SMILES string of the molecule is O=c1[nH]cnc2c(CNCC3CCCN(Cc4ccccc4)C3)nccc12. The highest BCUT2D eigenvalue weighted by molar-refractivity contribution is 5.78. The van der Waals surface area contributed by atoms with Gasteiger partial charge >= 0.3 is 0 Å². The maximum Gasteiger partial charge on any atom is 0.258 e.